The number of hydrogen-bond acceptors (Lipinski definition) is 2. The highest BCUT2D eigenvalue weighted by molar-refractivity contribution is 9.10. The molecule has 16 heavy (non-hydrogen) atoms. The van der Waals surface area contributed by atoms with Crippen molar-refractivity contribution in [3.05, 3.63) is 27.7 Å². The molecule has 0 spiro atoms. The molecule has 0 aromatic heterocycles. The maximum absolute atomic E-state index is 5.76. The van der Waals surface area contributed by atoms with Crippen LogP contribution in [0.15, 0.2) is 16.6 Å². The topological polar surface area (TPSA) is 35.2 Å². The summed E-state index contributed by atoms with van der Waals surface area (Å²) >= 11 is 3.56. The SMILES string of the molecule is CC(N)CCCc1cc(Br)cc2c1OCC2. The lowest BCUT2D eigenvalue weighted by Crippen LogP contribution is -2.14. The molecule has 0 saturated carbocycles. The van der Waals surface area contributed by atoms with Crippen LogP contribution in [-0.4, -0.2) is 12.6 Å². The summed E-state index contributed by atoms with van der Waals surface area (Å²) < 4.78 is 6.85. The molecular formula is C13H18BrNO. The molecule has 0 fully saturated rings. The Morgan fingerprint density at radius 3 is 3.06 bits per heavy atom. The van der Waals surface area contributed by atoms with E-state index in [-0.39, 0.29) is 0 Å². The van der Waals surface area contributed by atoms with Gasteiger partial charge >= 0.3 is 0 Å². The summed E-state index contributed by atoms with van der Waals surface area (Å²) in [5.41, 5.74) is 8.42. The monoisotopic (exact) mass is 283 g/mol. The van der Waals surface area contributed by atoms with Crippen LogP contribution in [0.25, 0.3) is 0 Å². The Morgan fingerprint density at radius 2 is 2.31 bits per heavy atom. The lowest BCUT2D eigenvalue weighted by atomic mass is 10.0. The first kappa shape index (κ1) is 11.9. The highest BCUT2D eigenvalue weighted by Crippen LogP contribution is 2.33. The van der Waals surface area contributed by atoms with E-state index >= 15 is 0 Å². The van der Waals surface area contributed by atoms with Gasteiger partial charge in [-0.25, -0.2) is 0 Å². The first-order chi connectivity index (χ1) is 7.66. The number of benzene rings is 1. The standard InChI is InChI=1S/C13H18BrNO/c1-9(15)3-2-4-10-7-12(14)8-11-5-6-16-13(10)11/h7-9H,2-6,15H2,1H3. The fraction of sp³-hybridized carbons (Fsp3) is 0.538. The number of halogens is 1. The van der Waals surface area contributed by atoms with E-state index in [0.717, 1.165) is 42.5 Å². The van der Waals surface area contributed by atoms with E-state index < -0.39 is 0 Å². The van der Waals surface area contributed by atoms with E-state index in [1.54, 1.807) is 0 Å². The van der Waals surface area contributed by atoms with Crippen LogP contribution in [0, 0.1) is 0 Å². The molecule has 1 aliphatic heterocycles. The van der Waals surface area contributed by atoms with Crippen LogP contribution >= 0.6 is 15.9 Å². The first-order valence-corrected chi connectivity index (χ1v) is 6.66. The van der Waals surface area contributed by atoms with Crippen molar-refractivity contribution in [1.29, 1.82) is 0 Å². The van der Waals surface area contributed by atoms with Crippen LogP contribution in [0.5, 0.6) is 5.75 Å². The van der Waals surface area contributed by atoms with Gasteiger partial charge in [0.05, 0.1) is 6.61 Å². The van der Waals surface area contributed by atoms with Crippen molar-refractivity contribution in [2.24, 2.45) is 5.73 Å². The molecule has 1 unspecified atom stereocenters. The molecule has 88 valence electrons. The Kier molecular flexibility index (Phi) is 3.87. The molecule has 0 bridgehead atoms. The lowest BCUT2D eigenvalue weighted by molar-refractivity contribution is 0.353. The molecule has 2 rings (SSSR count). The Labute approximate surface area is 105 Å². The number of rotatable bonds is 4. The predicted octanol–water partition coefficient (Wildman–Crippen LogP) is 3.05. The van der Waals surface area contributed by atoms with E-state index in [1.165, 1.54) is 11.1 Å². The van der Waals surface area contributed by atoms with Gasteiger partial charge in [-0.1, -0.05) is 15.9 Å². The Bertz CT molecular complexity index is 376. The van der Waals surface area contributed by atoms with Gasteiger partial charge in [0, 0.05) is 16.9 Å². The van der Waals surface area contributed by atoms with Crippen LogP contribution < -0.4 is 10.5 Å². The van der Waals surface area contributed by atoms with Gasteiger partial charge in [-0.2, -0.15) is 0 Å². The third-order valence-electron chi connectivity index (χ3n) is 2.93. The zero-order chi connectivity index (χ0) is 11.5. The van der Waals surface area contributed by atoms with Crippen molar-refractivity contribution in [1.82, 2.24) is 0 Å². The van der Waals surface area contributed by atoms with Crippen molar-refractivity contribution in [3.8, 4) is 5.75 Å². The molecule has 1 aliphatic rings. The zero-order valence-electron chi connectivity index (χ0n) is 9.63. The third kappa shape index (κ3) is 2.77. The molecular weight excluding hydrogens is 266 g/mol. The molecule has 0 radical (unpaired) electrons. The van der Waals surface area contributed by atoms with E-state index in [1.807, 2.05) is 0 Å². The largest absolute Gasteiger partial charge is 0.493 e. The van der Waals surface area contributed by atoms with Gasteiger partial charge in [0.2, 0.25) is 0 Å². The summed E-state index contributed by atoms with van der Waals surface area (Å²) in [5.74, 6) is 1.12. The fourth-order valence-electron chi connectivity index (χ4n) is 2.15. The summed E-state index contributed by atoms with van der Waals surface area (Å²) in [5, 5.41) is 0. The number of nitrogens with two attached hydrogens (primary N) is 1. The minimum atomic E-state index is 0.293. The molecule has 0 aliphatic carbocycles. The number of hydrogen-bond donors (Lipinski definition) is 1. The molecule has 0 amide bonds. The summed E-state index contributed by atoms with van der Waals surface area (Å²) in [6.07, 6.45) is 4.30. The van der Waals surface area contributed by atoms with Gasteiger partial charge in [0.15, 0.2) is 0 Å². The van der Waals surface area contributed by atoms with E-state index in [9.17, 15) is 0 Å². The number of aryl methyl sites for hydroxylation is 1. The van der Waals surface area contributed by atoms with Crippen LogP contribution in [0.1, 0.15) is 30.9 Å². The second-order valence-electron chi connectivity index (χ2n) is 4.52. The molecule has 3 heteroatoms. The van der Waals surface area contributed by atoms with Crippen molar-refractivity contribution in [2.75, 3.05) is 6.61 Å². The number of fused-ring (bicyclic) bond motifs is 1. The lowest BCUT2D eigenvalue weighted by Gasteiger charge is -2.10. The molecule has 1 atom stereocenters. The second-order valence-corrected chi connectivity index (χ2v) is 5.44. The zero-order valence-corrected chi connectivity index (χ0v) is 11.2. The summed E-state index contributed by atoms with van der Waals surface area (Å²) in [6, 6.07) is 4.63. The third-order valence-corrected chi connectivity index (χ3v) is 3.39. The maximum Gasteiger partial charge on any atom is 0.125 e. The van der Waals surface area contributed by atoms with Crippen LogP contribution in [0.2, 0.25) is 0 Å². The van der Waals surface area contributed by atoms with Gasteiger partial charge in [-0.15, -0.1) is 0 Å². The summed E-state index contributed by atoms with van der Waals surface area (Å²) in [7, 11) is 0. The minimum Gasteiger partial charge on any atom is -0.493 e. The van der Waals surface area contributed by atoms with E-state index in [2.05, 4.69) is 35.0 Å². The van der Waals surface area contributed by atoms with Crippen LogP contribution in [-0.2, 0) is 12.8 Å². The summed E-state index contributed by atoms with van der Waals surface area (Å²) in [4.78, 5) is 0. The minimum absolute atomic E-state index is 0.293. The van der Waals surface area contributed by atoms with Crippen molar-refractivity contribution in [3.63, 3.8) is 0 Å². The first-order valence-electron chi connectivity index (χ1n) is 5.86. The normalized spacial score (nSPS) is 15.7. The Hall–Kier alpha value is -0.540. The molecule has 2 N–H and O–H groups in total. The van der Waals surface area contributed by atoms with Gasteiger partial charge in [-0.3, -0.25) is 0 Å². The molecule has 1 heterocycles. The van der Waals surface area contributed by atoms with Gasteiger partial charge < -0.3 is 10.5 Å². The molecule has 2 nitrogen and oxygen atoms in total. The van der Waals surface area contributed by atoms with Gasteiger partial charge in [-0.05, 0) is 49.4 Å². The molecule has 0 saturated heterocycles. The highest BCUT2D eigenvalue weighted by atomic mass is 79.9. The summed E-state index contributed by atoms with van der Waals surface area (Å²) in [6.45, 7) is 2.88. The fourth-order valence-corrected chi connectivity index (χ4v) is 2.70. The van der Waals surface area contributed by atoms with Crippen LogP contribution in [0.3, 0.4) is 0 Å². The smallest absolute Gasteiger partial charge is 0.125 e. The average molecular weight is 284 g/mol. The van der Waals surface area contributed by atoms with Gasteiger partial charge in [0.1, 0.15) is 5.75 Å². The average Bonchev–Trinajstić information content (AvgIpc) is 2.64. The van der Waals surface area contributed by atoms with E-state index in [4.69, 9.17) is 10.5 Å². The Balaban J connectivity index is 2.08. The van der Waals surface area contributed by atoms with Crippen LogP contribution in [0.4, 0.5) is 0 Å². The Morgan fingerprint density at radius 1 is 1.50 bits per heavy atom. The van der Waals surface area contributed by atoms with Crippen molar-refractivity contribution >= 4 is 15.9 Å². The second kappa shape index (κ2) is 5.19. The molecule has 1 aromatic carbocycles. The van der Waals surface area contributed by atoms with Gasteiger partial charge in [0.25, 0.3) is 0 Å². The maximum atomic E-state index is 5.76. The van der Waals surface area contributed by atoms with Crippen molar-refractivity contribution < 1.29 is 4.74 Å². The van der Waals surface area contributed by atoms with E-state index in [0.29, 0.717) is 6.04 Å². The predicted molar refractivity (Wildman–Crippen MR) is 69.9 cm³/mol. The number of ether oxygens (including phenoxy) is 1. The highest BCUT2D eigenvalue weighted by Gasteiger charge is 2.17. The quantitative estimate of drug-likeness (QED) is 0.922. The molecule has 1 aromatic rings. The van der Waals surface area contributed by atoms with Crippen molar-refractivity contribution in [2.45, 2.75) is 38.6 Å².